The van der Waals surface area contributed by atoms with Gasteiger partial charge in [-0.05, 0) is 57.2 Å². The predicted octanol–water partition coefficient (Wildman–Crippen LogP) is 1.56. The predicted molar refractivity (Wildman–Crippen MR) is 85.5 cm³/mol. The molecule has 8 heteroatoms. The Kier molecular flexibility index (Phi) is 4.11. The van der Waals surface area contributed by atoms with E-state index in [1.54, 1.807) is 0 Å². The Labute approximate surface area is 129 Å². The smallest absolute Gasteiger partial charge is 0.187 e. The Morgan fingerprint density at radius 2 is 2.10 bits per heavy atom. The molecule has 1 aliphatic heterocycles. The zero-order valence-electron chi connectivity index (χ0n) is 12.2. The second-order valence-electron chi connectivity index (χ2n) is 6.02. The Bertz CT molecular complexity index is 604. The van der Waals surface area contributed by atoms with Crippen LogP contribution in [0.1, 0.15) is 32.6 Å². The minimum absolute atomic E-state index is 0.141. The quantitative estimate of drug-likeness (QED) is 0.823. The normalized spacial score (nSPS) is 21.6. The highest BCUT2D eigenvalue weighted by Gasteiger charge is 2.41. The molecule has 6 nitrogen and oxygen atoms in total. The van der Waals surface area contributed by atoms with E-state index in [0.717, 1.165) is 44.0 Å². The summed E-state index contributed by atoms with van der Waals surface area (Å²) in [5.74, 6) is 0.141. The number of nitrogens with zero attached hydrogens (tertiary/aromatic N) is 2. The van der Waals surface area contributed by atoms with Gasteiger partial charge < -0.3 is 16.0 Å². The third kappa shape index (κ3) is 3.17. The van der Waals surface area contributed by atoms with Crippen LogP contribution in [0.15, 0.2) is 4.90 Å². The fourth-order valence-electron chi connectivity index (χ4n) is 2.83. The summed E-state index contributed by atoms with van der Waals surface area (Å²) in [7, 11) is -3.31. The van der Waals surface area contributed by atoms with Crippen LogP contribution in [-0.4, -0.2) is 48.6 Å². The Balaban J connectivity index is 1.73. The maximum absolute atomic E-state index is 12.5. The van der Waals surface area contributed by atoms with Crippen molar-refractivity contribution in [1.29, 1.82) is 0 Å². The fourth-order valence-corrected chi connectivity index (χ4v) is 5.81. The molecule has 1 aliphatic carbocycles. The summed E-state index contributed by atoms with van der Waals surface area (Å²) in [6, 6.07) is 0.177. The maximum atomic E-state index is 12.5. The highest BCUT2D eigenvalue weighted by atomic mass is 32.2. The number of nitrogens with one attached hydrogen (secondary N) is 1. The first-order chi connectivity index (χ1) is 9.98. The number of anilines is 2. The minimum atomic E-state index is -3.31. The van der Waals surface area contributed by atoms with E-state index in [4.69, 9.17) is 5.73 Å². The topological polar surface area (TPSA) is 88.3 Å². The Morgan fingerprint density at radius 1 is 1.43 bits per heavy atom. The summed E-state index contributed by atoms with van der Waals surface area (Å²) in [5.41, 5.74) is 5.80. The number of likely N-dealkylation sites (tertiary alicyclic amines) is 1. The van der Waals surface area contributed by atoms with Gasteiger partial charge in [0.1, 0.15) is 9.90 Å². The number of hydrogen-bond acceptors (Lipinski definition) is 7. The lowest BCUT2D eigenvalue weighted by atomic mass is 10.3. The summed E-state index contributed by atoms with van der Waals surface area (Å²) in [4.78, 5) is 2.63. The van der Waals surface area contributed by atoms with Crippen molar-refractivity contribution >= 4 is 32.2 Å². The molecule has 2 aliphatic rings. The van der Waals surface area contributed by atoms with Crippen LogP contribution in [-0.2, 0) is 9.84 Å². The molecule has 0 bridgehead atoms. The minimum Gasteiger partial charge on any atom is -0.382 e. The lowest BCUT2D eigenvalue weighted by Crippen LogP contribution is -2.33. The SMILES string of the molecule is CC(CN1CCCC1)Nc1snc(N)c1S(=O)(=O)C1CC1. The first kappa shape index (κ1) is 15.1. The van der Waals surface area contributed by atoms with Crippen molar-refractivity contribution < 1.29 is 8.42 Å². The number of rotatable bonds is 6. The van der Waals surface area contributed by atoms with Gasteiger partial charge in [0.15, 0.2) is 15.7 Å². The Hall–Kier alpha value is -0.860. The van der Waals surface area contributed by atoms with Crippen molar-refractivity contribution in [2.75, 3.05) is 30.7 Å². The molecule has 1 aromatic heterocycles. The average molecular weight is 330 g/mol. The van der Waals surface area contributed by atoms with Gasteiger partial charge in [-0.1, -0.05) is 0 Å². The third-order valence-corrected chi connectivity index (χ3v) is 7.28. The number of aromatic nitrogens is 1. The van der Waals surface area contributed by atoms with E-state index in [1.807, 2.05) is 0 Å². The molecular formula is C13H22N4O2S2. The van der Waals surface area contributed by atoms with Crippen molar-refractivity contribution in [3.63, 3.8) is 0 Å². The van der Waals surface area contributed by atoms with E-state index < -0.39 is 9.84 Å². The van der Waals surface area contributed by atoms with E-state index in [1.165, 1.54) is 12.8 Å². The van der Waals surface area contributed by atoms with Gasteiger partial charge in [0.05, 0.1) is 5.25 Å². The van der Waals surface area contributed by atoms with E-state index in [9.17, 15) is 8.42 Å². The van der Waals surface area contributed by atoms with Crippen LogP contribution in [0.3, 0.4) is 0 Å². The van der Waals surface area contributed by atoms with Crippen molar-refractivity contribution in [2.45, 2.75) is 48.8 Å². The number of nitrogens with two attached hydrogens (primary N) is 1. The molecule has 3 N–H and O–H groups in total. The van der Waals surface area contributed by atoms with Crippen molar-refractivity contribution in [3.8, 4) is 0 Å². The van der Waals surface area contributed by atoms with Gasteiger partial charge >= 0.3 is 0 Å². The van der Waals surface area contributed by atoms with Crippen LogP contribution in [0, 0.1) is 0 Å². The molecule has 1 aromatic rings. The van der Waals surface area contributed by atoms with Crippen molar-refractivity contribution in [1.82, 2.24) is 9.27 Å². The second kappa shape index (κ2) is 5.73. The summed E-state index contributed by atoms with van der Waals surface area (Å²) < 4.78 is 29.0. The largest absolute Gasteiger partial charge is 0.382 e. The summed E-state index contributed by atoms with van der Waals surface area (Å²) >= 11 is 1.15. The molecule has 0 aromatic carbocycles. The summed E-state index contributed by atoms with van der Waals surface area (Å²) in [6.07, 6.45) is 3.98. The maximum Gasteiger partial charge on any atom is 0.187 e. The number of nitrogen functional groups attached to an aromatic ring is 1. The van der Waals surface area contributed by atoms with E-state index in [-0.39, 0.29) is 22.0 Å². The molecular weight excluding hydrogens is 308 g/mol. The lowest BCUT2D eigenvalue weighted by molar-refractivity contribution is 0.328. The molecule has 3 rings (SSSR count). The van der Waals surface area contributed by atoms with Gasteiger partial charge in [0.25, 0.3) is 0 Å². The molecule has 1 saturated carbocycles. The number of sulfone groups is 1. The van der Waals surface area contributed by atoms with Gasteiger partial charge in [0, 0.05) is 12.6 Å². The van der Waals surface area contributed by atoms with Crippen LogP contribution in [0.5, 0.6) is 0 Å². The molecule has 1 atom stereocenters. The highest BCUT2D eigenvalue weighted by Crippen LogP contribution is 2.41. The zero-order valence-corrected chi connectivity index (χ0v) is 13.8. The standard InChI is InChI=1S/C13H22N4O2S2/c1-9(8-17-6-2-3-7-17)15-13-11(12(14)16-20-13)21(18,19)10-4-5-10/h9-10,15H,2-8H2,1H3,(H2,14,16). The van der Waals surface area contributed by atoms with E-state index >= 15 is 0 Å². The van der Waals surface area contributed by atoms with Gasteiger partial charge in [-0.3, -0.25) is 0 Å². The first-order valence-corrected chi connectivity index (χ1v) is 9.78. The van der Waals surface area contributed by atoms with Crippen LogP contribution in [0.4, 0.5) is 10.8 Å². The number of hydrogen-bond donors (Lipinski definition) is 2. The molecule has 118 valence electrons. The summed E-state index contributed by atoms with van der Waals surface area (Å²) in [5, 5.41) is 3.65. The van der Waals surface area contributed by atoms with Gasteiger partial charge in [-0.2, -0.15) is 4.37 Å². The monoisotopic (exact) mass is 330 g/mol. The first-order valence-electron chi connectivity index (χ1n) is 7.46. The summed E-state index contributed by atoms with van der Waals surface area (Å²) in [6.45, 7) is 5.25. The van der Waals surface area contributed by atoms with E-state index in [0.29, 0.717) is 5.00 Å². The molecule has 2 heterocycles. The molecule has 1 unspecified atom stereocenters. The fraction of sp³-hybridized carbons (Fsp3) is 0.769. The van der Waals surface area contributed by atoms with Crippen molar-refractivity contribution in [2.24, 2.45) is 0 Å². The lowest BCUT2D eigenvalue weighted by Gasteiger charge is -2.21. The molecule has 0 amide bonds. The van der Waals surface area contributed by atoms with Gasteiger partial charge in [0.2, 0.25) is 0 Å². The third-order valence-electron chi connectivity index (χ3n) is 4.03. The van der Waals surface area contributed by atoms with E-state index in [2.05, 4.69) is 21.5 Å². The molecule has 21 heavy (non-hydrogen) atoms. The average Bonchev–Trinajstić information content (AvgIpc) is 3.06. The highest BCUT2D eigenvalue weighted by molar-refractivity contribution is 7.92. The molecule has 0 spiro atoms. The Morgan fingerprint density at radius 3 is 2.71 bits per heavy atom. The van der Waals surface area contributed by atoms with Crippen molar-refractivity contribution in [3.05, 3.63) is 0 Å². The van der Waals surface area contributed by atoms with Crippen LogP contribution in [0.2, 0.25) is 0 Å². The second-order valence-corrected chi connectivity index (χ2v) is 8.96. The van der Waals surface area contributed by atoms with Crippen LogP contribution >= 0.6 is 11.5 Å². The zero-order chi connectivity index (χ0) is 15.0. The van der Waals surface area contributed by atoms with Crippen LogP contribution in [0.25, 0.3) is 0 Å². The molecule has 2 fully saturated rings. The van der Waals surface area contributed by atoms with Gasteiger partial charge in [-0.15, -0.1) is 0 Å². The molecule has 0 radical (unpaired) electrons. The van der Waals surface area contributed by atoms with Crippen LogP contribution < -0.4 is 11.1 Å². The molecule has 1 saturated heterocycles. The van der Waals surface area contributed by atoms with Gasteiger partial charge in [-0.25, -0.2) is 8.42 Å².